The van der Waals surface area contributed by atoms with Crippen LogP contribution in [-0.2, 0) is 14.3 Å². The molecule has 0 bridgehead atoms. The summed E-state index contributed by atoms with van der Waals surface area (Å²) in [5, 5.41) is 9.37. The third-order valence-corrected chi connectivity index (χ3v) is 6.20. The van der Waals surface area contributed by atoms with Crippen molar-refractivity contribution in [3.8, 4) is 0 Å². The standard InChI is InChI=1S/C22H31BrN2O4/c1-3-28-22-18(5-4-14-26)19(16-6-8-17(23)9-7-16)15-20(29-22)21(27)25-12-10-24(2)11-13-25/h6-9,15,18-19,22,26H,3-5,10-14H2,1-2H3/t18-,19+,22+/m1/s1. The van der Waals surface area contributed by atoms with Crippen LogP contribution >= 0.6 is 15.9 Å². The highest BCUT2D eigenvalue weighted by Crippen LogP contribution is 2.40. The summed E-state index contributed by atoms with van der Waals surface area (Å²) in [4.78, 5) is 17.3. The molecule has 1 aromatic carbocycles. The van der Waals surface area contributed by atoms with Gasteiger partial charge in [-0.3, -0.25) is 4.79 Å². The number of piperazine rings is 1. The summed E-state index contributed by atoms with van der Waals surface area (Å²) < 4.78 is 13.0. The molecule has 0 unspecified atom stereocenters. The summed E-state index contributed by atoms with van der Waals surface area (Å²) in [5.74, 6) is 0.338. The van der Waals surface area contributed by atoms with Crippen LogP contribution in [0.15, 0.2) is 40.6 Å². The fraction of sp³-hybridized carbons (Fsp3) is 0.591. The van der Waals surface area contributed by atoms with Crippen LogP contribution < -0.4 is 0 Å². The number of allylic oxidation sites excluding steroid dienone is 1. The zero-order valence-electron chi connectivity index (χ0n) is 17.2. The molecule has 1 saturated heterocycles. The molecule has 29 heavy (non-hydrogen) atoms. The summed E-state index contributed by atoms with van der Waals surface area (Å²) in [6.45, 7) is 5.69. The molecule has 1 N–H and O–H groups in total. The van der Waals surface area contributed by atoms with Gasteiger partial charge in [-0.05, 0) is 50.6 Å². The van der Waals surface area contributed by atoms with Crippen molar-refractivity contribution >= 4 is 21.8 Å². The summed E-state index contributed by atoms with van der Waals surface area (Å²) in [5.41, 5.74) is 1.12. The molecule has 0 spiro atoms. The number of halogens is 1. The molecular formula is C22H31BrN2O4. The minimum Gasteiger partial charge on any atom is -0.459 e. The van der Waals surface area contributed by atoms with Crippen LogP contribution in [-0.4, -0.2) is 73.5 Å². The lowest BCUT2D eigenvalue weighted by Gasteiger charge is -2.39. The maximum atomic E-state index is 13.2. The van der Waals surface area contributed by atoms with Crippen LogP contribution in [0.3, 0.4) is 0 Å². The molecule has 2 aliphatic heterocycles. The molecule has 6 nitrogen and oxygen atoms in total. The lowest BCUT2D eigenvalue weighted by atomic mass is 9.80. The van der Waals surface area contributed by atoms with Gasteiger partial charge in [0.25, 0.3) is 5.91 Å². The molecule has 2 heterocycles. The highest BCUT2D eigenvalue weighted by molar-refractivity contribution is 9.10. The highest BCUT2D eigenvalue weighted by atomic mass is 79.9. The predicted molar refractivity (Wildman–Crippen MR) is 115 cm³/mol. The van der Waals surface area contributed by atoms with Gasteiger partial charge in [0.1, 0.15) is 0 Å². The molecule has 160 valence electrons. The fourth-order valence-electron chi connectivity index (χ4n) is 3.99. The summed E-state index contributed by atoms with van der Waals surface area (Å²) >= 11 is 3.49. The predicted octanol–water partition coefficient (Wildman–Crippen LogP) is 2.97. The zero-order valence-corrected chi connectivity index (χ0v) is 18.8. The van der Waals surface area contributed by atoms with E-state index in [1.54, 1.807) is 0 Å². The molecule has 3 atom stereocenters. The van der Waals surface area contributed by atoms with Crippen molar-refractivity contribution in [2.45, 2.75) is 32.0 Å². The third-order valence-electron chi connectivity index (χ3n) is 5.67. The van der Waals surface area contributed by atoms with Gasteiger partial charge < -0.3 is 24.4 Å². The summed E-state index contributed by atoms with van der Waals surface area (Å²) in [7, 11) is 2.07. The Labute approximate surface area is 181 Å². The van der Waals surface area contributed by atoms with Crippen LogP contribution in [0.25, 0.3) is 0 Å². The Hall–Kier alpha value is -1.41. The van der Waals surface area contributed by atoms with Crippen LogP contribution in [0.2, 0.25) is 0 Å². The van der Waals surface area contributed by atoms with E-state index in [2.05, 4.69) is 40.0 Å². The number of hydrogen-bond acceptors (Lipinski definition) is 5. The maximum absolute atomic E-state index is 13.2. The van der Waals surface area contributed by atoms with Gasteiger partial charge >= 0.3 is 0 Å². The van der Waals surface area contributed by atoms with E-state index in [-0.39, 0.29) is 24.3 Å². The third kappa shape index (κ3) is 5.60. The number of carbonyl (C=O) groups is 1. The van der Waals surface area contributed by atoms with Crippen molar-refractivity contribution in [3.63, 3.8) is 0 Å². The molecule has 1 amide bonds. The maximum Gasteiger partial charge on any atom is 0.288 e. The van der Waals surface area contributed by atoms with Gasteiger partial charge in [-0.1, -0.05) is 28.1 Å². The van der Waals surface area contributed by atoms with Gasteiger partial charge in [0.2, 0.25) is 6.29 Å². The zero-order chi connectivity index (χ0) is 20.8. The number of likely N-dealkylation sites (N-methyl/N-ethyl adjacent to an activating group) is 1. The number of rotatable bonds is 7. The number of ether oxygens (including phenoxy) is 2. The Kier molecular flexibility index (Phi) is 8.12. The van der Waals surface area contributed by atoms with E-state index < -0.39 is 6.29 Å². The largest absolute Gasteiger partial charge is 0.459 e. The number of hydrogen-bond donors (Lipinski definition) is 1. The molecule has 7 heteroatoms. The first-order valence-electron chi connectivity index (χ1n) is 10.4. The van der Waals surface area contributed by atoms with Gasteiger partial charge in [0, 0.05) is 55.7 Å². The SMILES string of the molecule is CCO[C@H]1OC(C(=O)N2CCN(C)CC2)=C[C@@H](c2ccc(Br)cc2)[C@H]1CCCO. The second-order valence-electron chi connectivity index (χ2n) is 7.68. The molecule has 0 aromatic heterocycles. The molecule has 1 aromatic rings. The molecule has 0 saturated carbocycles. The van der Waals surface area contributed by atoms with Gasteiger partial charge in [-0.15, -0.1) is 0 Å². The van der Waals surface area contributed by atoms with Gasteiger partial charge in [0.05, 0.1) is 0 Å². The normalized spacial score (nSPS) is 25.4. The van der Waals surface area contributed by atoms with Crippen molar-refractivity contribution < 1.29 is 19.4 Å². The number of aliphatic hydroxyl groups is 1. The smallest absolute Gasteiger partial charge is 0.288 e. The monoisotopic (exact) mass is 466 g/mol. The number of carbonyl (C=O) groups excluding carboxylic acids is 1. The van der Waals surface area contributed by atoms with Crippen molar-refractivity contribution in [1.82, 2.24) is 9.80 Å². The molecular weight excluding hydrogens is 436 g/mol. The van der Waals surface area contributed by atoms with Crippen molar-refractivity contribution in [2.24, 2.45) is 5.92 Å². The summed E-state index contributed by atoms with van der Waals surface area (Å²) in [6, 6.07) is 8.17. The summed E-state index contributed by atoms with van der Waals surface area (Å²) in [6.07, 6.45) is 2.88. The number of amides is 1. The second-order valence-corrected chi connectivity index (χ2v) is 8.59. The molecule has 2 aliphatic rings. The van der Waals surface area contributed by atoms with Crippen LogP contribution in [0.4, 0.5) is 0 Å². The second kappa shape index (κ2) is 10.6. The minimum absolute atomic E-state index is 0.00800. The van der Waals surface area contributed by atoms with E-state index in [1.807, 2.05) is 30.0 Å². The van der Waals surface area contributed by atoms with E-state index in [4.69, 9.17) is 9.47 Å². The van der Waals surface area contributed by atoms with Crippen LogP contribution in [0.5, 0.6) is 0 Å². The van der Waals surface area contributed by atoms with Crippen molar-refractivity contribution in [1.29, 1.82) is 0 Å². The Morgan fingerprint density at radius 2 is 1.93 bits per heavy atom. The van der Waals surface area contributed by atoms with Crippen molar-refractivity contribution in [3.05, 3.63) is 46.1 Å². The first-order chi connectivity index (χ1) is 14.0. The van der Waals surface area contributed by atoms with E-state index in [0.29, 0.717) is 31.9 Å². The van der Waals surface area contributed by atoms with Crippen LogP contribution in [0.1, 0.15) is 31.2 Å². The van der Waals surface area contributed by atoms with Gasteiger partial charge in [-0.25, -0.2) is 0 Å². The number of aliphatic hydroxyl groups excluding tert-OH is 1. The van der Waals surface area contributed by atoms with E-state index in [9.17, 15) is 9.90 Å². The molecule has 3 rings (SSSR count). The molecule has 0 aliphatic carbocycles. The minimum atomic E-state index is -0.503. The van der Waals surface area contributed by atoms with E-state index in [1.165, 1.54) is 0 Å². The van der Waals surface area contributed by atoms with E-state index in [0.717, 1.165) is 29.5 Å². The molecule has 1 fully saturated rings. The Bertz CT molecular complexity index is 701. The number of benzene rings is 1. The van der Waals surface area contributed by atoms with Crippen LogP contribution in [0, 0.1) is 5.92 Å². The first kappa shape index (κ1) is 22.3. The number of nitrogens with zero attached hydrogens (tertiary/aromatic N) is 2. The molecule has 0 radical (unpaired) electrons. The lowest BCUT2D eigenvalue weighted by molar-refractivity contribution is -0.170. The van der Waals surface area contributed by atoms with Gasteiger partial charge in [-0.2, -0.15) is 0 Å². The average molecular weight is 467 g/mol. The average Bonchev–Trinajstić information content (AvgIpc) is 2.73. The Balaban J connectivity index is 1.90. The van der Waals surface area contributed by atoms with E-state index >= 15 is 0 Å². The topological polar surface area (TPSA) is 62.2 Å². The first-order valence-corrected chi connectivity index (χ1v) is 11.2. The highest BCUT2D eigenvalue weighted by Gasteiger charge is 2.39. The lowest BCUT2D eigenvalue weighted by Crippen LogP contribution is -2.49. The quantitative estimate of drug-likeness (QED) is 0.668. The van der Waals surface area contributed by atoms with Crippen molar-refractivity contribution in [2.75, 3.05) is 46.4 Å². The van der Waals surface area contributed by atoms with Gasteiger partial charge in [0.15, 0.2) is 5.76 Å². The fourth-order valence-corrected chi connectivity index (χ4v) is 4.25. The Morgan fingerprint density at radius 1 is 1.24 bits per heavy atom. The Morgan fingerprint density at radius 3 is 2.55 bits per heavy atom.